The van der Waals surface area contributed by atoms with E-state index in [4.69, 9.17) is 0 Å². The van der Waals surface area contributed by atoms with Gasteiger partial charge in [-0.05, 0) is 30.3 Å². The van der Waals surface area contributed by atoms with E-state index in [-0.39, 0.29) is 11.7 Å². The van der Waals surface area contributed by atoms with Gasteiger partial charge >= 0.3 is 12.4 Å². The lowest BCUT2D eigenvalue weighted by Crippen LogP contribution is -2.49. The highest BCUT2D eigenvalue weighted by atomic mass is 32.2. The van der Waals surface area contributed by atoms with Gasteiger partial charge in [0.1, 0.15) is 0 Å². The monoisotopic (exact) mass is 449 g/mol. The summed E-state index contributed by atoms with van der Waals surface area (Å²) in [5.74, 6) is -0.188. The molecule has 2 heterocycles. The first-order valence-electron chi connectivity index (χ1n) is 8.90. The molecule has 1 aromatic carbocycles. The summed E-state index contributed by atoms with van der Waals surface area (Å²) < 4.78 is 76.3. The molecule has 162 valence electrons. The van der Waals surface area contributed by atoms with Crippen LogP contribution in [0.15, 0.2) is 47.6 Å². The van der Waals surface area contributed by atoms with Crippen molar-refractivity contribution >= 4 is 23.4 Å². The second-order valence-corrected chi connectivity index (χ2v) is 7.58. The van der Waals surface area contributed by atoms with E-state index in [0.717, 1.165) is 36.2 Å². The van der Waals surface area contributed by atoms with Crippen LogP contribution in [-0.2, 0) is 17.1 Å². The van der Waals surface area contributed by atoms with E-state index in [1.165, 1.54) is 12.1 Å². The van der Waals surface area contributed by atoms with Crippen molar-refractivity contribution in [2.75, 3.05) is 36.8 Å². The molecule has 4 nitrogen and oxygen atoms in total. The average molecular weight is 449 g/mol. The predicted molar refractivity (Wildman–Crippen MR) is 100 cm³/mol. The first kappa shape index (κ1) is 22.3. The van der Waals surface area contributed by atoms with Crippen molar-refractivity contribution in [2.45, 2.75) is 17.4 Å². The van der Waals surface area contributed by atoms with E-state index in [9.17, 15) is 31.1 Å². The third-order valence-electron chi connectivity index (χ3n) is 4.58. The molecule has 0 spiro atoms. The number of hydrogen-bond acceptors (Lipinski definition) is 4. The molecule has 1 aliphatic rings. The fourth-order valence-electron chi connectivity index (χ4n) is 2.95. The lowest BCUT2D eigenvalue weighted by Gasteiger charge is -2.36. The lowest BCUT2D eigenvalue weighted by atomic mass is 10.1. The molecule has 0 radical (unpaired) electrons. The molecule has 0 atom stereocenters. The van der Waals surface area contributed by atoms with Crippen LogP contribution < -0.4 is 4.90 Å². The standard InChI is InChI=1S/C19H17F6N3OS/c20-18(21,22)13-2-1-3-15(10-13)27-6-8-28(9-7-27)17(29)12-30-16-5-4-14(11-26-16)19(23,24)25/h1-5,10-11H,6-9,12H2. The Morgan fingerprint density at radius 2 is 1.60 bits per heavy atom. The maximum atomic E-state index is 12.9. The number of hydrogen-bond donors (Lipinski definition) is 0. The van der Waals surface area contributed by atoms with Gasteiger partial charge in [0.15, 0.2) is 0 Å². The Bertz CT molecular complexity index is 877. The van der Waals surface area contributed by atoms with Crippen molar-refractivity contribution in [1.82, 2.24) is 9.88 Å². The normalized spacial score (nSPS) is 15.4. The Morgan fingerprint density at radius 3 is 2.17 bits per heavy atom. The van der Waals surface area contributed by atoms with Crippen LogP contribution in [0.4, 0.5) is 32.0 Å². The largest absolute Gasteiger partial charge is 0.417 e. The number of benzene rings is 1. The molecular weight excluding hydrogens is 432 g/mol. The van der Waals surface area contributed by atoms with Gasteiger partial charge < -0.3 is 9.80 Å². The molecule has 0 unspecified atom stereocenters. The summed E-state index contributed by atoms with van der Waals surface area (Å²) in [7, 11) is 0. The van der Waals surface area contributed by atoms with E-state index in [0.29, 0.717) is 36.9 Å². The Kier molecular flexibility index (Phi) is 6.49. The molecule has 1 saturated heterocycles. The SMILES string of the molecule is O=C(CSc1ccc(C(F)(F)F)cn1)N1CCN(c2cccc(C(F)(F)F)c2)CC1. The van der Waals surface area contributed by atoms with Gasteiger partial charge in [-0.1, -0.05) is 17.8 Å². The number of piperazine rings is 1. The lowest BCUT2D eigenvalue weighted by molar-refractivity contribution is -0.138. The van der Waals surface area contributed by atoms with Gasteiger partial charge in [-0.2, -0.15) is 26.3 Å². The fourth-order valence-corrected chi connectivity index (χ4v) is 3.70. The summed E-state index contributed by atoms with van der Waals surface area (Å²) in [6.45, 7) is 1.46. The topological polar surface area (TPSA) is 36.4 Å². The van der Waals surface area contributed by atoms with E-state index in [1.807, 2.05) is 0 Å². The van der Waals surface area contributed by atoms with Crippen molar-refractivity contribution in [1.29, 1.82) is 0 Å². The summed E-state index contributed by atoms with van der Waals surface area (Å²) in [6.07, 6.45) is -8.16. The van der Waals surface area contributed by atoms with Crippen molar-refractivity contribution < 1.29 is 31.1 Å². The van der Waals surface area contributed by atoms with Crippen LogP contribution in [0.25, 0.3) is 0 Å². The Hall–Kier alpha value is -2.43. The number of halogens is 6. The Labute approximate surface area is 172 Å². The quantitative estimate of drug-likeness (QED) is 0.507. The van der Waals surface area contributed by atoms with Crippen LogP contribution in [0, 0.1) is 0 Å². The van der Waals surface area contributed by atoms with Gasteiger partial charge in [0.25, 0.3) is 0 Å². The predicted octanol–water partition coefficient (Wildman–Crippen LogP) is 4.56. The number of rotatable bonds is 4. The number of alkyl halides is 6. The zero-order chi connectivity index (χ0) is 21.9. The number of thioether (sulfide) groups is 1. The first-order valence-corrected chi connectivity index (χ1v) is 9.88. The number of pyridine rings is 1. The molecule has 0 aliphatic carbocycles. The van der Waals surface area contributed by atoms with Crippen molar-refractivity contribution in [3.05, 3.63) is 53.7 Å². The molecular formula is C19H17F6N3OS. The van der Waals surface area contributed by atoms with E-state index in [1.54, 1.807) is 15.9 Å². The number of amides is 1. The summed E-state index contributed by atoms with van der Waals surface area (Å²) >= 11 is 1.04. The van der Waals surface area contributed by atoms with Crippen molar-refractivity contribution in [3.8, 4) is 0 Å². The van der Waals surface area contributed by atoms with Crippen LogP contribution in [0.3, 0.4) is 0 Å². The summed E-state index contributed by atoms with van der Waals surface area (Å²) in [4.78, 5) is 19.4. The van der Waals surface area contributed by atoms with Gasteiger partial charge in [0.2, 0.25) is 5.91 Å². The number of anilines is 1. The number of carbonyl (C=O) groups excluding carboxylic acids is 1. The second-order valence-electron chi connectivity index (χ2n) is 6.59. The van der Waals surface area contributed by atoms with Crippen molar-refractivity contribution in [2.24, 2.45) is 0 Å². The first-order chi connectivity index (χ1) is 14.0. The molecule has 30 heavy (non-hydrogen) atoms. The van der Waals surface area contributed by atoms with E-state index < -0.39 is 23.5 Å². The van der Waals surface area contributed by atoms with Gasteiger partial charge in [-0.15, -0.1) is 0 Å². The molecule has 3 rings (SSSR count). The van der Waals surface area contributed by atoms with Crippen LogP contribution in [0.1, 0.15) is 11.1 Å². The van der Waals surface area contributed by atoms with Gasteiger partial charge in [0, 0.05) is 38.1 Å². The average Bonchev–Trinajstić information content (AvgIpc) is 2.71. The Morgan fingerprint density at radius 1 is 0.933 bits per heavy atom. The second kappa shape index (κ2) is 8.75. The fraction of sp³-hybridized carbons (Fsp3) is 0.368. The third kappa shape index (κ3) is 5.59. The highest BCUT2D eigenvalue weighted by Gasteiger charge is 2.32. The maximum Gasteiger partial charge on any atom is 0.417 e. The van der Waals surface area contributed by atoms with Crippen LogP contribution in [0.2, 0.25) is 0 Å². The molecule has 1 fully saturated rings. The molecule has 1 aliphatic heterocycles. The zero-order valence-electron chi connectivity index (χ0n) is 15.5. The highest BCUT2D eigenvalue weighted by molar-refractivity contribution is 7.99. The molecule has 1 aromatic heterocycles. The molecule has 11 heteroatoms. The molecule has 0 bridgehead atoms. The zero-order valence-corrected chi connectivity index (χ0v) is 16.3. The highest BCUT2D eigenvalue weighted by Crippen LogP contribution is 2.32. The maximum absolute atomic E-state index is 12.9. The van der Waals surface area contributed by atoms with E-state index in [2.05, 4.69) is 4.98 Å². The number of carbonyl (C=O) groups is 1. The molecule has 0 saturated carbocycles. The van der Waals surface area contributed by atoms with Gasteiger partial charge in [-0.25, -0.2) is 4.98 Å². The smallest absolute Gasteiger partial charge is 0.368 e. The number of aromatic nitrogens is 1. The summed E-state index contributed by atoms with van der Waals surface area (Å²) in [6, 6.07) is 7.17. The third-order valence-corrected chi connectivity index (χ3v) is 5.51. The molecule has 0 N–H and O–H groups in total. The minimum absolute atomic E-state index is 0.0158. The van der Waals surface area contributed by atoms with Gasteiger partial charge in [-0.3, -0.25) is 4.79 Å². The van der Waals surface area contributed by atoms with Gasteiger partial charge in [0.05, 0.1) is 21.9 Å². The van der Waals surface area contributed by atoms with Crippen LogP contribution in [-0.4, -0.2) is 47.7 Å². The minimum atomic E-state index is -4.47. The summed E-state index contributed by atoms with van der Waals surface area (Å²) in [5, 5.41) is 0.305. The van der Waals surface area contributed by atoms with E-state index >= 15 is 0 Å². The van der Waals surface area contributed by atoms with Crippen LogP contribution in [0.5, 0.6) is 0 Å². The summed E-state index contributed by atoms with van der Waals surface area (Å²) in [5.41, 5.74) is -1.14. The van der Waals surface area contributed by atoms with Crippen LogP contribution >= 0.6 is 11.8 Å². The molecule has 1 amide bonds. The van der Waals surface area contributed by atoms with Crippen molar-refractivity contribution in [3.63, 3.8) is 0 Å². The Balaban J connectivity index is 1.51. The minimum Gasteiger partial charge on any atom is -0.368 e. The molecule has 2 aromatic rings. The number of nitrogens with zero attached hydrogens (tertiary/aromatic N) is 3.